The summed E-state index contributed by atoms with van der Waals surface area (Å²) in [7, 11) is 2.77. The predicted molar refractivity (Wildman–Crippen MR) is 108 cm³/mol. The van der Waals surface area contributed by atoms with Gasteiger partial charge in [-0.3, -0.25) is 0 Å². The van der Waals surface area contributed by atoms with E-state index in [1.807, 2.05) is 18.2 Å². The summed E-state index contributed by atoms with van der Waals surface area (Å²) in [5.74, 6) is -0.469. The first kappa shape index (κ1) is 21.3. The average Bonchev–Trinajstić information content (AvgIpc) is 2.72. The summed E-state index contributed by atoms with van der Waals surface area (Å²) >= 11 is 0. The molecule has 2 aromatic carbocycles. The molecule has 0 saturated carbocycles. The van der Waals surface area contributed by atoms with Gasteiger partial charge in [-0.05, 0) is 29.7 Å². The number of carbonyl (C=O) groups is 1. The Morgan fingerprint density at radius 3 is 2.64 bits per heavy atom. The van der Waals surface area contributed by atoms with Gasteiger partial charge in [-0.1, -0.05) is 37.6 Å². The van der Waals surface area contributed by atoms with Crippen LogP contribution in [0.1, 0.15) is 30.9 Å². The van der Waals surface area contributed by atoms with E-state index in [2.05, 4.69) is 12.2 Å². The second-order valence-corrected chi connectivity index (χ2v) is 6.13. The molecule has 0 aliphatic rings. The van der Waals surface area contributed by atoms with Crippen molar-refractivity contribution >= 4 is 17.2 Å². The molecule has 1 N–H and O–H groups in total. The number of benzene rings is 2. The van der Waals surface area contributed by atoms with Crippen LogP contribution in [-0.2, 0) is 20.9 Å². The van der Waals surface area contributed by atoms with Gasteiger partial charge in [-0.2, -0.15) is 0 Å². The van der Waals surface area contributed by atoms with Gasteiger partial charge in [0.2, 0.25) is 0 Å². The van der Waals surface area contributed by atoms with E-state index in [1.165, 1.54) is 26.5 Å². The van der Waals surface area contributed by atoms with Crippen LogP contribution in [0.2, 0.25) is 0 Å². The monoisotopic (exact) mass is 387 g/mol. The molecule has 0 atom stereocenters. The van der Waals surface area contributed by atoms with Crippen molar-refractivity contribution in [3.05, 3.63) is 65.7 Å². The van der Waals surface area contributed by atoms with Crippen LogP contribution in [0.15, 0.2) is 48.7 Å². The Morgan fingerprint density at radius 1 is 1.18 bits per heavy atom. The first-order chi connectivity index (χ1) is 13.6. The summed E-state index contributed by atoms with van der Waals surface area (Å²) in [5.41, 5.74) is 2.12. The molecule has 0 fully saturated rings. The van der Waals surface area contributed by atoms with E-state index < -0.39 is 5.97 Å². The highest BCUT2D eigenvalue weighted by molar-refractivity contribution is 6.16. The molecular weight excluding hydrogens is 361 g/mol. The number of rotatable bonds is 10. The van der Waals surface area contributed by atoms with Crippen molar-refractivity contribution in [1.82, 2.24) is 0 Å². The lowest BCUT2D eigenvalue weighted by Crippen LogP contribution is -2.08. The number of hydrogen-bond donors (Lipinski definition) is 1. The molecule has 28 heavy (non-hydrogen) atoms. The van der Waals surface area contributed by atoms with Crippen molar-refractivity contribution in [1.29, 1.82) is 0 Å². The van der Waals surface area contributed by atoms with Crippen LogP contribution in [0.3, 0.4) is 0 Å². The number of unbranched alkanes of at least 4 members (excludes halogenated alkanes) is 1. The first-order valence-corrected chi connectivity index (χ1v) is 9.16. The fourth-order valence-electron chi connectivity index (χ4n) is 2.65. The van der Waals surface area contributed by atoms with Gasteiger partial charge in [0.1, 0.15) is 23.7 Å². The zero-order chi connectivity index (χ0) is 20.4. The minimum absolute atomic E-state index is 0.163. The maximum Gasteiger partial charge on any atom is 0.341 e. The second-order valence-electron chi connectivity index (χ2n) is 6.13. The van der Waals surface area contributed by atoms with Crippen molar-refractivity contribution in [3.63, 3.8) is 0 Å². The highest BCUT2D eigenvalue weighted by Gasteiger charge is 2.17. The molecule has 0 aliphatic carbocycles. The van der Waals surface area contributed by atoms with Crippen molar-refractivity contribution in [2.24, 2.45) is 0 Å². The highest BCUT2D eigenvalue weighted by atomic mass is 19.1. The molecule has 0 spiro atoms. The van der Waals surface area contributed by atoms with Gasteiger partial charge in [-0.25, -0.2) is 9.18 Å². The number of esters is 1. The lowest BCUT2D eigenvalue weighted by molar-refractivity contribution is -0.133. The van der Waals surface area contributed by atoms with Crippen molar-refractivity contribution < 1.29 is 23.4 Å². The standard InChI is InChI=1S/C22H26FNO4/c1-4-5-12-24-21-11-10-17(13-20(21)23)28-14-16-8-6-7-9-18(16)19(15-26-2)22(25)27-3/h6-11,13,15,24H,4-5,12,14H2,1-3H3/b19-15+. The molecule has 0 aromatic heterocycles. The van der Waals surface area contributed by atoms with Gasteiger partial charge in [0, 0.05) is 12.6 Å². The molecule has 150 valence electrons. The maximum absolute atomic E-state index is 14.2. The molecule has 2 aromatic rings. The van der Waals surface area contributed by atoms with Crippen LogP contribution in [0.25, 0.3) is 5.57 Å². The Morgan fingerprint density at radius 2 is 1.96 bits per heavy atom. The van der Waals surface area contributed by atoms with Crippen LogP contribution in [0.5, 0.6) is 5.75 Å². The fourth-order valence-corrected chi connectivity index (χ4v) is 2.65. The molecule has 0 heterocycles. The van der Waals surface area contributed by atoms with E-state index in [0.717, 1.165) is 24.9 Å². The van der Waals surface area contributed by atoms with Gasteiger partial charge in [0.05, 0.1) is 26.2 Å². The van der Waals surface area contributed by atoms with Crippen LogP contribution >= 0.6 is 0 Å². The first-order valence-electron chi connectivity index (χ1n) is 9.16. The molecule has 5 nitrogen and oxygen atoms in total. The number of nitrogens with one attached hydrogen (secondary N) is 1. The number of carbonyl (C=O) groups excluding carboxylic acids is 1. The number of anilines is 1. The summed E-state index contributed by atoms with van der Waals surface area (Å²) in [6, 6.07) is 12.0. The Labute approximate surface area is 165 Å². The Bertz CT molecular complexity index is 820. The third kappa shape index (κ3) is 5.74. The Balaban J connectivity index is 2.14. The lowest BCUT2D eigenvalue weighted by atomic mass is 10.0. The van der Waals surface area contributed by atoms with Gasteiger partial charge in [0.15, 0.2) is 0 Å². The quantitative estimate of drug-likeness (QED) is 0.275. The summed E-state index contributed by atoms with van der Waals surface area (Å²) in [6.07, 6.45) is 3.35. The Kier molecular flexibility index (Phi) is 8.34. The molecule has 0 amide bonds. The third-order valence-corrected chi connectivity index (χ3v) is 4.13. The van der Waals surface area contributed by atoms with Crippen molar-refractivity contribution in [2.45, 2.75) is 26.4 Å². The smallest absolute Gasteiger partial charge is 0.341 e. The molecule has 0 aliphatic heterocycles. The SMILES string of the molecule is CCCCNc1ccc(OCc2ccccc2/C(=C\OC)C(=O)OC)cc1F. The number of methoxy groups -OCH3 is 2. The number of halogens is 1. The molecule has 0 saturated heterocycles. The number of hydrogen-bond acceptors (Lipinski definition) is 5. The van der Waals surface area contributed by atoms with E-state index in [-0.39, 0.29) is 18.0 Å². The normalized spacial score (nSPS) is 11.1. The highest BCUT2D eigenvalue weighted by Crippen LogP contribution is 2.25. The van der Waals surface area contributed by atoms with E-state index in [1.54, 1.807) is 18.2 Å². The number of ether oxygens (including phenoxy) is 3. The molecule has 6 heteroatoms. The van der Waals surface area contributed by atoms with Gasteiger partial charge in [0.25, 0.3) is 0 Å². The van der Waals surface area contributed by atoms with E-state index in [4.69, 9.17) is 14.2 Å². The largest absolute Gasteiger partial charge is 0.503 e. The van der Waals surface area contributed by atoms with E-state index >= 15 is 0 Å². The third-order valence-electron chi connectivity index (χ3n) is 4.13. The minimum Gasteiger partial charge on any atom is -0.503 e. The minimum atomic E-state index is -0.511. The summed E-state index contributed by atoms with van der Waals surface area (Å²) in [5, 5.41) is 3.07. The molecular formula is C22H26FNO4. The average molecular weight is 387 g/mol. The zero-order valence-corrected chi connectivity index (χ0v) is 16.5. The topological polar surface area (TPSA) is 56.8 Å². The summed E-state index contributed by atoms with van der Waals surface area (Å²) < 4.78 is 29.8. The molecule has 2 rings (SSSR count). The van der Waals surface area contributed by atoms with Crippen molar-refractivity contribution in [3.8, 4) is 5.75 Å². The van der Waals surface area contributed by atoms with Crippen LogP contribution < -0.4 is 10.1 Å². The predicted octanol–water partition coefficient (Wildman–Crippen LogP) is 4.78. The van der Waals surface area contributed by atoms with Crippen LogP contribution in [0.4, 0.5) is 10.1 Å². The maximum atomic E-state index is 14.2. The van der Waals surface area contributed by atoms with E-state index in [9.17, 15) is 9.18 Å². The second kappa shape index (κ2) is 11.0. The van der Waals surface area contributed by atoms with Crippen LogP contribution in [0, 0.1) is 5.82 Å². The molecule has 0 radical (unpaired) electrons. The molecule has 0 unspecified atom stereocenters. The molecule has 0 bridgehead atoms. The van der Waals surface area contributed by atoms with Gasteiger partial charge >= 0.3 is 5.97 Å². The summed E-state index contributed by atoms with van der Waals surface area (Å²) in [6.45, 7) is 2.97. The van der Waals surface area contributed by atoms with E-state index in [0.29, 0.717) is 17.0 Å². The fraction of sp³-hybridized carbons (Fsp3) is 0.318. The van der Waals surface area contributed by atoms with Gasteiger partial charge in [-0.15, -0.1) is 0 Å². The Hall–Kier alpha value is -3.02. The summed E-state index contributed by atoms with van der Waals surface area (Å²) in [4.78, 5) is 12.1. The zero-order valence-electron chi connectivity index (χ0n) is 16.5. The van der Waals surface area contributed by atoms with Crippen molar-refractivity contribution in [2.75, 3.05) is 26.1 Å². The van der Waals surface area contributed by atoms with Gasteiger partial charge < -0.3 is 19.5 Å². The lowest BCUT2D eigenvalue weighted by Gasteiger charge is -2.13. The van der Waals surface area contributed by atoms with Crippen LogP contribution in [-0.4, -0.2) is 26.7 Å².